The van der Waals surface area contributed by atoms with Gasteiger partial charge in [0.2, 0.25) is 0 Å². The molecule has 12 aromatic rings. The molecule has 5 aromatic carbocycles. The number of aryl methyl sites for hydroxylation is 3. The summed E-state index contributed by atoms with van der Waals surface area (Å²) in [5.41, 5.74) is 14.4. The van der Waals surface area contributed by atoms with E-state index in [2.05, 4.69) is 56.2 Å². The molecule has 530 valence electrons. The number of anilines is 3. The number of nitrogens with two attached hydrogens (primary N) is 1. The third kappa shape index (κ3) is 24.2. The highest BCUT2D eigenvalue weighted by atomic mass is 35.5. The Kier molecular flexibility index (Phi) is 26.0. The topological polar surface area (TPSA) is 357 Å². The van der Waals surface area contributed by atoms with Crippen LogP contribution in [0.5, 0.6) is 23.0 Å². The van der Waals surface area contributed by atoms with E-state index >= 15 is 0 Å². The van der Waals surface area contributed by atoms with Gasteiger partial charge in [-0.3, -0.25) is 19.5 Å². The Balaban J connectivity index is 0.000000171. The number of rotatable bonds is 19. The van der Waals surface area contributed by atoms with E-state index in [4.69, 9.17) is 58.9 Å². The molecule has 101 heavy (non-hydrogen) atoms. The first-order chi connectivity index (χ1) is 48.1. The van der Waals surface area contributed by atoms with Gasteiger partial charge in [0, 0.05) is 98.1 Å². The molecule has 0 bridgehead atoms. The molecule has 25 nitrogen and oxygen atoms in total. The van der Waals surface area contributed by atoms with Crippen molar-refractivity contribution in [1.29, 1.82) is 0 Å². The van der Waals surface area contributed by atoms with Crippen LogP contribution in [-0.2, 0) is 40.7 Å². The van der Waals surface area contributed by atoms with Crippen LogP contribution >= 0.6 is 11.6 Å². The number of alkyl carbamates (subject to hydrolysis) is 1. The fourth-order valence-electron chi connectivity index (χ4n) is 8.27. The minimum Gasteiger partial charge on any atom is -0.508 e. The van der Waals surface area contributed by atoms with Crippen molar-refractivity contribution < 1.29 is 81.8 Å². The molecule has 0 unspecified atom stereocenters. The zero-order chi connectivity index (χ0) is 72.9. The van der Waals surface area contributed by atoms with Gasteiger partial charge in [0.1, 0.15) is 69.6 Å². The first-order valence-electron chi connectivity index (χ1n) is 30.3. The van der Waals surface area contributed by atoms with E-state index < -0.39 is 33.7 Å². The number of phenolic OH excluding ortho intramolecular Hbond substituents is 2. The second-order valence-corrected chi connectivity index (χ2v) is 24.5. The number of hydrogen-bond acceptors (Lipinski definition) is 23. The highest BCUT2D eigenvalue weighted by Gasteiger charge is 2.32. The lowest BCUT2D eigenvalue weighted by atomic mass is 10.2. The number of oxazole rings is 4. The SMILES string of the molecule is CC(C)(C)OC(=O)NCC(=CF)COc1ccc2nc(NCc3ccc(C(F)(F)F)nc3)oc2c1.Cc1ccc(CNc2nc3ccc(O)cc3o2)cn1.Cc1ccc(CNc2nc3ccc(OC/C(=C\F)CN)cc3o2)cn1.Cc1ccc(S(=O)(=O)O)cc1.Oc1ccc2nc(Cl)oc2c1. The van der Waals surface area contributed by atoms with E-state index in [1.165, 1.54) is 30.3 Å². The monoisotopic (exact) mass is 1430 g/mol. The molecule has 0 aliphatic heterocycles. The van der Waals surface area contributed by atoms with Gasteiger partial charge in [-0.25, -0.2) is 13.6 Å². The lowest BCUT2D eigenvalue weighted by Crippen LogP contribution is -2.34. The summed E-state index contributed by atoms with van der Waals surface area (Å²) < 4.78 is 131. The molecule has 0 saturated carbocycles. The third-order valence-corrected chi connectivity index (χ3v) is 14.5. The molecule has 0 aliphatic rings. The summed E-state index contributed by atoms with van der Waals surface area (Å²) in [7, 11) is -4.02. The number of hydrogen-bond donors (Lipinski definition) is 8. The van der Waals surface area contributed by atoms with E-state index in [1.807, 2.05) is 57.4 Å². The van der Waals surface area contributed by atoms with Gasteiger partial charge in [-0.1, -0.05) is 35.9 Å². The maximum absolute atomic E-state index is 13.2. The van der Waals surface area contributed by atoms with E-state index in [0.717, 1.165) is 40.3 Å². The lowest BCUT2D eigenvalue weighted by molar-refractivity contribution is -0.141. The van der Waals surface area contributed by atoms with Crippen molar-refractivity contribution >= 4 is 90.3 Å². The zero-order valence-corrected chi connectivity index (χ0v) is 56.4. The number of amides is 1. The van der Waals surface area contributed by atoms with Crippen LogP contribution in [0.1, 0.15) is 60.1 Å². The maximum atomic E-state index is 13.2. The smallest absolute Gasteiger partial charge is 0.433 e. The van der Waals surface area contributed by atoms with Gasteiger partial charge in [0.15, 0.2) is 22.3 Å². The Morgan fingerprint density at radius 2 is 1.00 bits per heavy atom. The molecule has 7 heterocycles. The standard InChI is InChI=1S/C23H24F4N4O4.C18H19FN4O2.C14H13N3O2.C7H4ClNO2.C7H8O3S/c1-22(2,3)35-21(32)30-12-15(9-24)13-33-16-5-6-17-18(8-16)34-20(31-17)29-11-14-4-7-19(28-10-14)23(25,26)27;1-12-2-3-13(9-21-12)10-22-18-23-16-5-4-15(6-17(16)25-18)24-11-14(7-19)8-20;1-9-2-3-10(7-15-9)8-16-14-17-12-5-4-11(18)6-13(12)19-14;8-7-9-5-2-1-4(10)3-6(5)11-7;1-6-2-4-7(5-3-6)11(8,9)10/h4-10H,11-13H2,1-3H3,(H,29,31)(H,30,32);2-7,9H,8,10-11,20H2,1H3,(H,22,23);2-7,18H,8H2,1H3,(H,16,17);1-3,10H;2-5H,1H3,(H,8,9,10)/b;14-7-;;;. The fraction of sp³-hybridized carbons (Fsp3) is 0.217. The number of alkyl halides is 3. The number of aromatic nitrogens is 7. The number of halogens is 6. The van der Waals surface area contributed by atoms with Gasteiger partial charge in [-0.15, -0.1) is 0 Å². The molecule has 0 saturated heterocycles. The minimum atomic E-state index is -4.50. The Morgan fingerprint density at radius 3 is 1.41 bits per heavy atom. The number of nitrogens with one attached hydrogen (secondary N) is 4. The van der Waals surface area contributed by atoms with Gasteiger partial charge in [0.25, 0.3) is 33.5 Å². The number of carbonyl (C=O) groups is 1. The molecule has 7 aromatic heterocycles. The first-order valence-corrected chi connectivity index (χ1v) is 32.1. The zero-order valence-electron chi connectivity index (χ0n) is 54.8. The molecular formula is C69H68ClF5N12O13S. The van der Waals surface area contributed by atoms with Crippen molar-refractivity contribution in [2.75, 3.05) is 42.3 Å². The quantitative estimate of drug-likeness (QED) is 0.0275. The Bertz CT molecular complexity index is 4880. The minimum absolute atomic E-state index is 0.0666. The van der Waals surface area contributed by atoms with Crippen molar-refractivity contribution in [3.63, 3.8) is 0 Å². The second kappa shape index (κ2) is 34.9. The third-order valence-electron chi connectivity index (χ3n) is 13.4. The van der Waals surface area contributed by atoms with Crippen LogP contribution in [0.3, 0.4) is 0 Å². The summed E-state index contributed by atoms with van der Waals surface area (Å²) in [6, 6.07) is 36.7. The van der Waals surface area contributed by atoms with Gasteiger partial charge >= 0.3 is 12.3 Å². The number of aromatic hydroxyl groups is 2. The summed E-state index contributed by atoms with van der Waals surface area (Å²) in [5, 5.41) is 30.0. The van der Waals surface area contributed by atoms with Crippen LogP contribution in [0.25, 0.3) is 44.4 Å². The predicted molar refractivity (Wildman–Crippen MR) is 367 cm³/mol. The Hall–Kier alpha value is -11.4. The van der Waals surface area contributed by atoms with E-state index in [9.17, 15) is 40.3 Å². The number of phenols is 2. The number of fused-ring (bicyclic) bond motifs is 4. The predicted octanol–water partition coefficient (Wildman–Crippen LogP) is 15.2. The summed E-state index contributed by atoms with van der Waals surface area (Å²) in [5.74, 6) is 1.25. The van der Waals surface area contributed by atoms with Crippen molar-refractivity contribution in [3.05, 3.63) is 221 Å². The average Bonchev–Trinajstić information content (AvgIpc) is 1.71. The molecular weight excluding hydrogens is 1370 g/mol. The Morgan fingerprint density at radius 1 is 0.574 bits per heavy atom. The van der Waals surface area contributed by atoms with Gasteiger partial charge < -0.3 is 69.1 Å². The second-order valence-electron chi connectivity index (χ2n) is 22.8. The van der Waals surface area contributed by atoms with Gasteiger partial charge in [-0.2, -0.15) is 41.5 Å². The van der Waals surface area contributed by atoms with Crippen LogP contribution in [0.15, 0.2) is 198 Å². The van der Waals surface area contributed by atoms with Gasteiger partial charge in [-0.05, 0) is 149 Å². The Labute approximate surface area is 579 Å². The van der Waals surface area contributed by atoms with Crippen molar-refractivity contribution in [2.24, 2.45) is 5.73 Å². The van der Waals surface area contributed by atoms with Crippen molar-refractivity contribution in [1.82, 2.24) is 40.2 Å². The van der Waals surface area contributed by atoms with Gasteiger partial charge in [0.05, 0.1) is 17.6 Å². The van der Waals surface area contributed by atoms with Crippen molar-refractivity contribution in [2.45, 2.75) is 77.8 Å². The highest BCUT2D eigenvalue weighted by molar-refractivity contribution is 7.85. The van der Waals surface area contributed by atoms with Crippen LogP contribution in [-0.4, -0.2) is 96.1 Å². The molecule has 0 fully saturated rings. The maximum Gasteiger partial charge on any atom is 0.433 e. The molecule has 0 aliphatic carbocycles. The number of nitrogens with zero attached hydrogens (tertiary/aromatic N) is 7. The number of pyridine rings is 3. The average molecular weight is 1440 g/mol. The molecule has 32 heteroatoms. The van der Waals surface area contributed by atoms with E-state index in [0.29, 0.717) is 105 Å². The van der Waals surface area contributed by atoms with E-state index in [-0.39, 0.29) is 66.2 Å². The van der Waals surface area contributed by atoms with Crippen LogP contribution < -0.4 is 36.5 Å². The molecule has 0 radical (unpaired) electrons. The summed E-state index contributed by atoms with van der Waals surface area (Å²) in [4.78, 5) is 40.2. The molecule has 9 N–H and O–H groups in total. The largest absolute Gasteiger partial charge is 0.508 e. The number of carbonyl (C=O) groups excluding carboxylic acids is 1. The highest BCUT2D eigenvalue weighted by Crippen LogP contribution is 2.30. The molecule has 1 amide bonds. The first kappa shape index (κ1) is 75.4. The van der Waals surface area contributed by atoms with Crippen LogP contribution in [0, 0.1) is 20.8 Å². The molecule has 0 atom stereocenters. The molecule has 0 spiro atoms. The number of benzene rings is 5. The van der Waals surface area contributed by atoms with Crippen molar-refractivity contribution in [3.8, 4) is 23.0 Å². The number of ether oxygens (including phenoxy) is 3. The summed E-state index contributed by atoms with van der Waals surface area (Å²) in [6.45, 7) is 12.2. The van der Waals surface area contributed by atoms with E-state index in [1.54, 1.807) is 93.6 Å². The normalized spacial score (nSPS) is 11.7. The summed E-state index contributed by atoms with van der Waals surface area (Å²) >= 11 is 5.48. The van der Waals surface area contributed by atoms with Crippen LogP contribution in [0.4, 0.5) is 44.8 Å². The summed E-state index contributed by atoms with van der Waals surface area (Å²) in [6.07, 6.45) is 0.393. The molecule has 12 rings (SSSR count). The van der Waals surface area contributed by atoms with Crippen LogP contribution in [0.2, 0.25) is 5.35 Å². The fourth-order valence-corrected chi connectivity index (χ4v) is 8.92. The lowest BCUT2D eigenvalue weighted by Gasteiger charge is -2.20.